The summed E-state index contributed by atoms with van der Waals surface area (Å²) in [5.74, 6) is -1.11. The third kappa shape index (κ3) is 2.98. The molecule has 0 amide bonds. The number of rotatable bonds is 5. The molecular weight excluding hydrogens is 180 g/mol. The van der Waals surface area contributed by atoms with Crippen LogP contribution in [0.1, 0.15) is 53.4 Å². The molecule has 0 saturated heterocycles. The summed E-state index contributed by atoms with van der Waals surface area (Å²) in [6.45, 7) is 7.32. The van der Waals surface area contributed by atoms with E-state index in [1.54, 1.807) is 20.8 Å². The van der Waals surface area contributed by atoms with Crippen molar-refractivity contribution in [1.82, 2.24) is 0 Å². The van der Waals surface area contributed by atoms with Gasteiger partial charge in [0.05, 0.1) is 0 Å². The summed E-state index contributed by atoms with van der Waals surface area (Å²) in [7, 11) is 0. The zero-order valence-electron chi connectivity index (χ0n) is 9.63. The number of unbranched alkanes of at least 4 members (excludes halogenated alkanes) is 2. The van der Waals surface area contributed by atoms with Crippen molar-refractivity contribution in [3.05, 3.63) is 0 Å². The lowest BCUT2D eigenvalue weighted by atomic mass is 9.73. The summed E-state index contributed by atoms with van der Waals surface area (Å²) >= 11 is 0. The molecule has 0 aromatic rings. The summed E-state index contributed by atoms with van der Waals surface area (Å²) in [4.78, 5) is 11.0. The molecule has 1 unspecified atom stereocenters. The minimum Gasteiger partial charge on any atom is -0.479 e. The number of carboxylic acids is 1. The van der Waals surface area contributed by atoms with Crippen LogP contribution in [0.4, 0.5) is 0 Å². The maximum absolute atomic E-state index is 11.0. The van der Waals surface area contributed by atoms with Crippen LogP contribution in [0.25, 0.3) is 0 Å². The highest BCUT2D eigenvalue weighted by molar-refractivity contribution is 5.78. The molecule has 3 nitrogen and oxygen atoms in total. The lowest BCUT2D eigenvalue weighted by Gasteiger charge is -2.36. The predicted octanol–water partition coefficient (Wildman–Crippen LogP) is 2.43. The Balaban J connectivity index is 4.50. The average Bonchev–Trinajstić information content (AvgIpc) is 2.02. The lowest BCUT2D eigenvalue weighted by Crippen LogP contribution is -2.49. The van der Waals surface area contributed by atoms with E-state index in [0.717, 1.165) is 19.3 Å². The van der Waals surface area contributed by atoms with Crippen LogP contribution in [0, 0.1) is 5.41 Å². The highest BCUT2D eigenvalue weighted by Crippen LogP contribution is 2.34. The summed E-state index contributed by atoms with van der Waals surface area (Å²) in [6.07, 6.45) is 3.09. The van der Waals surface area contributed by atoms with Gasteiger partial charge in [-0.3, -0.25) is 0 Å². The number of aliphatic carboxylic acids is 1. The van der Waals surface area contributed by atoms with Crippen molar-refractivity contribution in [2.75, 3.05) is 0 Å². The molecule has 0 fully saturated rings. The van der Waals surface area contributed by atoms with Gasteiger partial charge in [-0.15, -0.1) is 0 Å². The Bertz CT molecular complexity index is 193. The second-order valence-electron chi connectivity index (χ2n) is 4.87. The van der Waals surface area contributed by atoms with E-state index >= 15 is 0 Å². The minimum atomic E-state index is -1.60. The fourth-order valence-corrected chi connectivity index (χ4v) is 1.43. The Kier molecular flexibility index (Phi) is 4.59. The second-order valence-corrected chi connectivity index (χ2v) is 4.87. The molecule has 0 aromatic carbocycles. The fraction of sp³-hybridized carbons (Fsp3) is 0.909. The molecule has 1 atom stereocenters. The van der Waals surface area contributed by atoms with Crippen molar-refractivity contribution in [2.45, 2.75) is 59.0 Å². The maximum atomic E-state index is 11.0. The molecule has 0 aliphatic carbocycles. The molecule has 0 heterocycles. The predicted molar refractivity (Wildman–Crippen MR) is 56.2 cm³/mol. The third-order valence-electron chi connectivity index (χ3n) is 2.74. The van der Waals surface area contributed by atoms with Crippen molar-refractivity contribution < 1.29 is 15.0 Å². The van der Waals surface area contributed by atoms with Gasteiger partial charge in [0, 0.05) is 5.41 Å². The topological polar surface area (TPSA) is 57.5 Å². The SMILES string of the molecule is CCCCCC(O)(C(=O)O)C(C)(C)C. The van der Waals surface area contributed by atoms with Crippen LogP contribution >= 0.6 is 0 Å². The van der Waals surface area contributed by atoms with Crippen molar-refractivity contribution in [2.24, 2.45) is 5.41 Å². The molecule has 0 spiro atoms. The number of hydrogen-bond donors (Lipinski definition) is 2. The van der Waals surface area contributed by atoms with E-state index in [4.69, 9.17) is 5.11 Å². The standard InChI is InChI=1S/C11H22O3/c1-5-6-7-8-11(14,9(12)13)10(2,3)4/h14H,5-8H2,1-4H3,(H,12,13). The summed E-state index contributed by atoms with van der Waals surface area (Å²) in [5.41, 5.74) is -2.21. The highest BCUT2D eigenvalue weighted by atomic mass is 16.4. The van der Waals surface area contributed by atoms with E-state index in [-0.39, 0.29) is 0 Å². The average molecular weight is 202 g/mol. The Morgan fingerprint density at radius 1 is 1.21 bits per heavy atom. The minimum absolute atomic E-state index is 0.333. The van der Waals surface area contributed by atoms with E-state index in [0.29, 0.717) is 6.42 Å². The third-order valence-corrected chi connectivity index (χ3v) is 2.74. The monoisotopic (exact) mass is 202 g/mol. The van der Waals surface area contributed by atoms with Gasteiger partial charge in [0.15, 0.2) is 5.60 Å². The van der Waals surface area contributed by atoms with E-state index in [9.17, 15) is 9.90 Å². The molecule has 0 aliphatic rings. The van der Waals surface area contributed by atoms with E-state index < -0.39 is 17.0 Å². The van der Waals surface area contributed by atoms with Gasteiger partial charge in [-0.2, -0.15) is 0 Å². The van der Waals surface area contributed by atoms with Crippen molar-refractivity contribution in [1.29, 1.82) is 0 Å². The van der Waals surface area contributed by atoms with Crippen molar-refractivity contribution >= 4 is 5.97 Å². The second kappa shape index (κ2) is 4.78. The van der Waals surface area contributed by atoms with E-state index in [1.807, 2.05) is 0 Å². The lowest BCUT2D eigenvalue weighted by molar-refractivity contribution is -0.172. The zero-order chi connectivity index (χ0) is 11.4. The first-order chi connectivity index (χ1) is 6.25. The first-order valence-electron chi connectivity index (χ1n) is 5.21. The molecule has 14 heavy (non-hydrogen) atoms. The zero-order valence-corrected chi connectivity index (χ0v) is 9.63. The quantitative estimate of drug-likeness (QED) is 0.673. The fourth-order valence-electron chi connectivity index (χ4n) is 1.43. The number of carboxylic acid groups (broad SMARTS) is 1. The van der Waals surface area contributed by atoms with Crippen molar-refractivity contribution in [3.63, 3.8) is 0 Å². The van der Waals surface area contributed by atoms with Crippen LogP contribution in [0.5, 0.6) is 0 Å². The van der Waals surface area contributed by atoms with Crippen LogP contribution in [-0.2, 0) is 4.79 Å². The van der Waals surface area contributed by atoms with Crippen LogP contribution in [0.15, 0.2) is 0 Å². The maximum Gasteiger partial charge on any atom is 0.336 e. The molecule has 0 aromatic heterocycles. The summed E-state index contributed by atoms with van der Waals surface area (Å²) in [6, 6.07) is 0. The van der Waals surface area contributed by atoms with Gasteiger partial charge in [0.2, 0.25) is 0 Å². The van der Waals surface area contributed by atoms with Gasteiger partial charge >= 0.3 is 5.97 Å². The highest BCUT2D eigenvalue weighted by Gasteiger charge is 2.46. The van der Waals surface area contributed by atoms with E-state index in [1.165, 1.54) is 0 Å². The molecule has 84 valence electrons. The van der Waals surface area contributed by atoms with Gasteiger partial charge in [0.25, 0.3) is 0 Å². The van der Waals surface area contributed by atoms with Crippen LogP contribution in [0.3, 0.4) is 0 Å². The number of aliphatic hydroxyl groups is 1. The molecule has 0 aliphatic heterocycles. The normalized spacial score (nSPS) is 16.4. The summed E-state index contributed by atoms with van der Waals surface area (Å²) in [5, 5.41) is 19.1. The van der Waals surface area contributed by atoms with Crippen LogP contribution in [0.2, 0.25) is 0 Å². The Hall–Kier alpha value is -0.570. The smallest absolute Gasteiger partial charge is 0.336 e. The van der Waals surface area contributed by atoms with Gasteiger partial charge < -0.3 is 10.2 Å². The molecule has 2 N–H and O–H groups in total. The van der Waals surface area contributed by atoms with Gasteiger partial charge in [-0.25, -0.2) is 4.79 Å². The summed E-state index contributed by atoms with van der Waals surface area (Å²) < 4.78 is 0. The molecule has 0 radical (unpaired) electrons. The Morgan fingerprint density at radius 3 is 2.00 bits per heavy atom. The molecule has 0 bridgehead atoms. The first-order valence-corrected chi connectivity index (χ1v) is 5.21. The van der Waals surface area contributed by atoms with Crippen LogP contribution < -0.4 is 0 Å². The Labute approximate surface area is 86.1 Å². The van der Waals surface area contributed by atoms with Crippen LogP contribution in [-0.4, -0.2) is 21.8 Å². The Morgan fingerprint density at radius 2 is 1.71 bits per heavy atom. The van der Waals surface area contributed by atoms with Gasteiger partial charge in [0.1, 0.15) is 0 Å². The molecule has 0 saturated carbocycles. The number of hydrogen-bond acceptors (Lipinski definition) is 2. The molecular formula is C11H22O3. The van der Waals surface area contributed by atoms with Gasteiger partial charge in [-0.1, -0.05) is 40.5 Å². The molecule has 3 heteroatoms. The molecule has 0 rings (SSSR count). The van der Waals surface area contributed by atoms with Gasteiger partial charge in [-0.05, 0) is 12.8 Å². The first kappa shape index (κ1) is 13.4. The largest absolute Gasteiger partial charge is 0.479 e. The van der Waals surface area contributed by atoms with E-state index in [2.05, 4.69) is 6.92 Å². The van der Waals surface area contributed by atoms with Crippen molar-refractivity contribution in [3.8, 4) is 0 Å². The number of carbonyl (C=O) groups is 1.